The van der Waals surface area contributed by atoms with E-state index in [-0.39, 0.29) is 12.0 Å². The number of hydrogen-bond acceptors (Lipinski definition) is 6. The first-order valence-electron chi connectivity index (χ1n) is 11.2. The van der Waals surface area contributed by atoms with Crippen molar-refractivity contribution in [1.29, 1.82) is 0 Å². The van der Waals surface area contributed by atoms with Crippen LogP contribution in [-0.2, 0) is 4.79 Å². The van der Waals surface area contributed by atoms with E-state index in [4.69, 9.17) is 10.5 Å². The quantitative estimate of drug-likeness (QED) is 0.512. The third-order valence-corrected chi connectivity index (χ3v) is 7.21. The Morgan fingerprint density at radius 2 is 2.27 bits per heavy atom. The van der Waals surface area contributed by atoms with Crippen molar-refractivity contribution in [1.82, 2.24) is 9.88 Å². The van der Waals surface area contributed by atoms with Crippen molar-refractivity contribution >= 4 is 28.2 Å². The molecule has 2 aromatic heterocycles. The number of piperidine rings is 1. The molecule has 3 heterocycles. The smallest absolute Gasteiger partial charge is 0.308 e. The fourth-order valence-corrected chi connectivity index (χ4v) is 5.16. The van der Waals surface area contributed by atoms with E-state index < -0.39 is 11.9 Å². The highest BCUT2D eigenvalue weighted by Gasteiger charge is 2.34. The summed E-state index contributed by atoms with van der Waals surface area (Å²) in [6.07, 6.45) is 4.12. The second-order valence-corrected chi connectivity index (χ2v) is 9.42. The molecule has 1 aliphatic rings. The summed E-state index contributed by atoms with van der Waals surface area (Å²) in [5.41, 5.74) is 8.49. The number of likely N-dealkylation sites (tertiary alicyclic amines) is 1. The van der Waals surface area contributed by atoms with E-state index >= 15 is 0 Å². The molecule has 6 nitrogen and oxygen atoms in total. The number of nitrogens with two attached hydrogens (primary N) is 1. The molecule has 172 valence electrons. The van der Waals surface area contributed by atoms with Gasteiger partial charge in [0.05, 0.1) is 30.0 Å². The normalized spacial score (nSPS) is 19.6. The lowest BCUT2D eigenvalue weighted by Gasteiger charge is -2.36. The van der Waals surface area contributed by atoms with E-state index in [0.717, 1.165) is 52.9 Å². The zero-order valence-electron chi connectivity index (χ0n) is 18.7. The average Bonchev–Trinajstić information content (AvgIpc) is 3.35. The van der Waals surface area contributed by atoms with Gasteiger partial charge in [-0.2, -0.15) is 0 Å². The molecular weight excluding hydrogens is 434 g/mol. The monoisotopic (exact) mass is 463 g/mol. The minimum Gasteiger partial charge on any atom is -0.497 e. The molecule has 7 heteroatoms. The molecule has 1 saturated heterocycles. The van der Waals surface area contributed by atoms with Crippen molar-refractivity contribution in [2.75, 3.05) is 26.7 Å². The summed E-state index contributed by atoms with van der Waals surface area (Å²) in [6, 6.07) is 11.5. The molecule has 0 aliphatic carbocycles. The Morgan fingerprint density at radius 1 is 1.39 bits per heavy atom. The highest BCUT2D eigenvalue weighted by atomic mass is 32.1. The summed E-state index contributed by atoms with van der Waals surface area (Å²) in [6.45, 7) is 1.99. The number of hydrogen-bond donors (Lipinski definition) is 2. The topological polar surface area (TPSA) is 88.7 Å². The van der Waals surface area contributed by atoms with Crippen LogP contribution in [0.4, 0.5) is 0 Å². The van der Waals surface area contributed by atoms with Gasteiger partial charge < -0.3 is 15.6 Å². The molecule has 0 radical (unpaired) electrons. The van der Waals surface area contributed by atoms with Gasteiger partial charge in [0.1, 0.15) is 5.75 Å². The van der Waals surface area contributed by atoms with Gasteiger partial charge in [0.15, 0.2) is 0 Å². The first-order chi connectivity index (χ1) is 16.0. The van der Waals surface area contributed by atoms with Gasteiger partial charge in [-0.05, 0) is 73.0 Å². The lowest BCUT2D eigenvalue weighted by molar-refractivity contribution is -0.146. The second-order valence-electron chi connectivity index (χ2n) is 8.47. The van der Waals surface area contributed by atoms with Gasteiger partial charge in [-0.3, -0.25) is 14.7 Å². The number of ether oxygens (including phenoxy) is 1. The van der Waals surface area contributed by atoms with E-state index in [1.807, 2.05) is 41.8 Å². The number of methoxy groups -OCH3 is 1. The molecule has 0 amide bonds. The van der Waals surface area contributed by atoms with Crippen LogP contribution >= 0.6 is 11.3 Å². The summed E-state index contributed by atoms with van der Waals surface area (Å²) >= 11 is 1.62. The molecule has 33 heavy (non-hydrogen) atoms. The van der Waals surface area contributed by atoms with Crippen LogP contribution in [0.25, 0.3) is 10.9 Å². The molecule has 1 fully saturated rings. The van der Waals surface area contributed by atoms with Crippen molar-refractivity contribution < 1.29 is 14.6 Å². The van der Waals surface area contributed by atoms with Gasteiger partial charge in [-0.1, -0.05) is 17.9 Å². The lowest BCUT2D eigenvalue weighted by Crippen LogP contribution is -2.44. The number of rotatable bonds is 7. The van der Waals surface area contributed by atoms with Crippen LogP contribution in [0.2, 0.25) is 0 Å². The van der Waals surface area contributed by atoms with Gasteiger partial charge in [-0.25, -0.2) is 0 Å². The summed E-state index contributed by atoms with van der Waals surface area (Å²) in [5, 5.41) is 12.9. The Morgan fingerprint density at radius 3 is 3.03 bits per heavy atom. The standard InChI is InChI=1S/C26H29N3O3S/c1-32-19-7-9-25-22(16-19)21(10-12-28-25)24(27)8-6-18-11-14-29(17-23(18)26(30)31)13-2-4-20-5-3-15-33-20/h3,5,7,9-10,12,15-16,18,23-24H,6,8,11,13-14,17,27H2,1H3,(H,30,31)/t18-,23+,24+/m1/s1. The molecule has 4 rings (SSSR count). The van der Waals surface area contributed by atoms with Crippen LogP contribution < -0.4 is 10.5 Å². The number of carboxylic acid groups (broad SMARTS) is 1. The molecule has 3 atom stereocenters. The highest BCUT2D eigenvalue weighted by Crippen LogP contribution is 2.32. The first kappa shape index (κ1) is 23.2. The third kappa shape index (κ3) is 5.72. The predicted molar refractivity (Wildman–Crippen MR) is 131 cm³/mol. The van der Waals surface area contributed by atoms with Crippen molar-refractivity contribution in [2.24, 2.45) is 17.6 Å². The third-order valence-electron chi connectivity index (χ3n) is 6.42. The van der Waals surface area contributed by atoms with E-state index in [1.165, 1.54) is 0 Å². The van der Waals surface area contributed by atoms with Crippen LogP contribution in [0.1, 0.15) is 35.7 Å². The minimum atomic E-state index is -0.733. The van der Waals surface area contributed by atoms with E-state index in [1.54, 1.807) is 24.6 Å². The van der Waals surface area contributed by atoms with Gasteiger partial charge in [0.25, 0.3) is 0 Å². The minimum absolute atomic E-state index is 0.109. The number of benzene rings is 1. The van der Waals surface area contributed by atoms with Crippen molar-refractivity contribution in [3.8, 4) is 17.6 Å². The number of fused-ring (bicyclic) bond motifs is 1. The fraction of sp³-hybridized carbons (Fsp3) is 0.385. The number of thiophene rings is 1. The molecule has 0 saturated carbocycles. The molecular formula is C26H29N3O3S. The summed E-state index contributed by atoms with van der Waals surface area (Å²) in [5.74, 6) is 6.09. The maximum Gasteiger partial charge on any atom is 0.308 e. The Labute approximate surface area is 198 Å². The lowest BCUT2D eigenvalue weighted by atomic mass is 9.81. The zero-order valence-corrected chi connectivity index (χ0v) is 19.6. The van der Waals surface area contributed by atoms with Crippen LogP contribution in [0.5, 0.6) is 5.75 Å². The summed E-state index contributed by atoms with van der Waals surface area (Å²) in [7, 11) is 1.64. The SMILES string of the molecule is COc1ccc2nccc([C@@H](N)CC[C@@H]3CCN(CC#Cc4cccs4)C[C@@H]3C(=O)O)c2c1. The molecule has 1 aromatic carbocycles. The Kier molecular flexibility index (Phi) is 7.61. The van der Waals surface area contributed by atoms with Gasteiger partial charge in [-0.15, -0.1) is 11.3 Å². The van der Waals surface area contributed by atoms with Crippen molar-refractivity contribution in [3.63, 3.8) is 0 Å². The number of pyridine rings is 1. The molecule has 3 N–H and O–H groups in total. The fourth-order valence-electron chi connectivity index (χ4n) is 4.57. The Balaban J connectivity index is 1.38. The molecule has 3 aromatic rings. The average molecular weight is 464 g/mol. The van der Waals surface area contributed by atoms with Gasteiger partial charge >= 0.3 is 5.97 Å². The molecule has 1 aliphatic heterocycles. The zero-order chi connectivity index (χ0) is 23.2. The first-order valence-corrected chi connectivity index (χ1v) is 12.1. The van der Waals surface area contributed by atoms with E-state index in [2.05, 4.69) is 21.7 Å². The van der Waals surface area contributed by atoms with Gasteiger partial charge in [0.2, 0.25) is 0 Å². The number of nitrogens with zero attached hydrogens (tertiary/aromatic N) is 2. The molecule has 0 unspecified atom stereocenters. The van der Waals surface area contributed by atoms with E-state index in [9.17, 15) is 9.90 Å². The number of aliphatic carboxylic acids is 1. The highest BCUT2D eigenvalue weighted by molar-refractivity contribution is 7.10. The largest absolute Gasteiger partial charge is 0.497 e. The van der Waals surface area contributed by atoms with Crippen molar-refractivity contribution in [2.45, 2.75) is 25.3 Å². The maximum absolute atomic E-state index is 12.0. The van der Waals surface area contributed by atoms with Crippen LogP contribution in [0.15, 0.2) is 48.0 Å². The Hall–Kier alpha value is -2.92. The predicted octanol–water partition coefficient (Wildman–Crippen LogP) is 4.16. The van der Waals surface area contributed by atoms with Crippen LogP contribution in [0, 0.1) is 23.7 Å². The number of carbonyl (C=O) groups is 1. The van der Waals surface area contributed by atoms with Crippen LogP contribution in [0.3, 0.4) is 0 Å². The van der Waals surface area contributed by atoms with Crippen LogP contribution in [-0.4, -0.2) is 47.7 Å². The Bertz CT molecular complexity index is 1150. The number of carboxylic acids is 1. The van der Waals surface area contributed by atoms with Crippen molar-refractivity contribution in [3.05, 3.63) is 58.4 Å². The summed E-state index contributed by atoms with van der Waals surface area (Å²) in [4.78, 5) is 19.6. The van der Waals surface area contributed by atoms with Gasteiger partial charge in [0, 0.05) is 24.2 Å². The summed E-state index contributed by atoms with van der Waals surface area (Å²) < 4.78 is 5.36. The number of aromatic nitrogens is 1. The maximum atomic E-state index is 12.0. The molecule has 0 spiro atoms. The van der Waals surface area contributed by atoms with E-state index in [0.29, 0.717) is 13.1 Å². The molecule has 0 bridgehead atoms. The second kappa shape index (κ2) is 10.8.